The van der Waals surface area contributed by atoms with Crippen molar-refractivity contribution in [1.82, 2.24) is 10.6 Å². The van der Waals surface area contributed by atoms with Crippen LogP contribution in [0.15, 0.2) is 34.7 Å². The van der Waals surface area contributed by atoms with E-state index in [-0.39, 0.29) is 5.91 Å². The van der Waals surface area contributed by atoms with Crippen molar-refractivity contribution >= 4 is 15.7 Å². The lowest BCUT2D eigenvalue weighted by Crippen LogP contribution is -2.51. The minimum atomic E-state index is -3.75. The molecule has 3 rings (SSSR count). The maximum absolute atomic E-state index is 13.5. The van der Waals surface area contributed by atoms with E-state index >= 15 is 0 Å². The number of hydrogen-bond acceptors (Lipinski definition) is 4. The zero-order valence-electron chi connectivity index (χ0n) is 15.6. The van der Waals surface area contributed by atoms with Gasteiger partial charge in [-0.2, -0.15) is 0 Å². The summed E-state index contributed by atoms with van der Waals surface area (Å²) in [5, 5.41) is 6.17. The van der Waals surface area contributed by atoms with Gasteiger partial charge in [-0.25, -0.2) is 8.42 Å². The Labute approximate surface area is 156 Å². The lowest BCUT2D eigenvalue weighted by Gasteiger charge is -2.29. The van der Waals surface area contributed by atoms with E-state index in [9.17, 15) is 13.2 Å². The van der Waals surface area contributed by atoms with Gasteiger partial charge in [0, 0.05) is 13.1 Å². The zero-order valence-corrected chi connectivity index (χ0v) is 16.4. The minimum absolute atomic E-state index is 0.302. The molecule has 26 heavy (non-hydrogen) atoms. The van der Waals surface area contributed by atoms with Gasteiger partial charge in [0.25, 0.3) is 0 Å². The molecule has 2 aliphatic rings. The average molecular weight is 377 g/mol. The van der Waals surface area contributed by atoms with Crippen LogP contribution in [0.25, 0.3) is 0 Å². The van der Waals surface area contributed by atoms with E-state index in [0.717, 1.165) is 43.5 Å². The van der Waals surface area contributed by atoms with Gasteiger partial charge in [-0.3, -0.25) is 4.79 Å². The SMILES string of the molecule is Cc1ccc(C)c(S(=O)(=O)C2(C(=O)NCC3=CCNCC3)CCCC2)c1. The van der Waals surface area contributed by atoms with Crippen LogP contribution in [0.2, 0.25) is 0 Å². The molecule has 0 unspecified atom stereocenters. The summed E-state index contributed by atoms with van der Waals surface area (Å²) >= 11 is 0. The number of aryl methyl sites for hydroxylation is 2. The molecule has 0 saturated heterocycles. The van der Waals surface area contributed by atoms with Gasteiger partial charge in [-0.15, -0.1) is 0 Å². The van der Waals surface area contributed by atoms with Crippen LogP contribution in [0, 0.1) is 13.8 Å². The van der Waals surface area contributed by atoms with Gasteiger partial charge < -0.3 is 10.6 Å². The largest absolute Gasteiger partial charge is 0.351 e. The van der Waals surface area contributed by atoms with Crippen LogP contribution in [-0.2, 0) is 14.6 Å². The minimum Gasteiger partial charge on any atom is -0.351 e. The molecule has 1 saturated carbocycles. The van der Waals surface area contributed by atoms with Crippen LogP contribution in [0.3, 0.4) is 0 Å². The first-order chi connectivity index (χ1) is 12.4. The molecule has 142 valence electrons. The predicted molar refractivity (Wildman–Crippen MR) is 103 cm³/mol. The molecule has 1 aromatic carbocycles. The van der Waals surface area contributed by atoms with Crippen LogP contribution in [0.5, 0.6) is 0 Å². The Hall–Kier alpha value is -1.66. The fraction of sp³-hybridized carbons (Fsp3) is 0.550. The molecule has 0 bridgehead atoms. The Morgan fingerprint density at radius 1 is 1.23 bits per heavy atom. The molecule has 1 fully saturated rings. The van der Waals surface area contributed by atoms with Crippen molar-refractivity contribution in [2.24, 2.45) is 0 Å². The highest BCUT2D eigenvalue weighted by Crippen LogP contribution is 2.41. The standard InChI is InChI=1S/C20H28N2O3S/c1-15-5-6-16(2)18(13-15)26(24,25)20(9-3-4-10-20)19(23)22-14-17-7-11-21-12-8-17/h5-7,13,21H,3-4,8-12,14H2,1-2H3,(H,22,23). The molecule has 1 aliphatic carbocycles. The molecule has 1 amide bonds. The summed E-state index contributed by atoms with van der Waals surface area (Å²) in [4.78, 5) is 13.4. The number of hydrogen-bond donors (Lipinski definition) is 2. The summed E-state index contributed by atoms with van der Waals surface area (Å²) in [5.41, 5.74) is 2.76. The summed E-state index contributed by atoms with van der Waals surface area (Å²) in [7, 11) is -3.75. The van der Waals surface area contributed by atoms with Crippen molar-refractivity contribution in [1.29, 1.82) is 0 Å². The van der Waals surface area contributed by atoms with Crippen LogP contribution in [0.4, 0.5) is 0 Å². The van der Waals surface area contributed by atoms with E-state index in [1.54, 1.807) is 13.0 Å². The van der Waals surface area contributed by atoms with E-state index in [1.807, 2.05) is 19.1 Å². The Balaban J connectivity index is 1.90. The Kier molecular flexibility index (Phi) is 5.53. The van der Waals surface area contributed by atoms with E-state index in [0.29, 0.717) is 29.8 Å². The van der Waals surface area contributed by atoms with Crippen molar-refractivity contribution < 1.29 is 13.2 Å². The van der Waals surface area contributed by atoms with Crippen LogP contribution < -0.4 is 10.6 Å². The third kappa shape index (κ3) is 3.45. The van der Waals surface area contributed by atoms with Gasteiger partial charge in [0.05, 0.1) is 4.90 Å². The van der Waals surface area contributed by atoms with Gasteiger partial charge in [0.2, 0.25) is 5.91 Å². The van der Waals surface area contributed by atoms with Crippen molar-refractivity contribution in [2.75, 3.05) is 19.6 Å². The van der Waals surface area contributed by atoms with Crippen molar-refractivity contribution in [3.8, 4) is 0 Å². The van der Waals surface area contributed by atoms with Crippen molar-refractivity contribution in [3.63, 3.8) is 0 Å². The van der Waals surface area contributed by atoms with Gasteiger partial charge >= 0.3 is 0 Å². The smallest absolute Gasteiger partial charge is 0.242 e. The highest BCUT2D eigenvalue weighted by Gasteiger charge is 2.53. The van der Waals surface area contributed by atoms with E-state index in [4.69, 9.17) is 0 Å². The fourth-order valence-electron chi connectivity index (χ4n) is 3.96. The van der Waals surface area contributed by atoms with Crippen molar-refractivity contribution in [3.05, 3.63) is 41.0 Å². The maximum atomic E-state index is 13.5. The quantitative estimate of drug-likeness (QED) is 0.774. The lowest BCUT2D eigenvalue weighted by atomic mass is 10.1. The highest BCUT2D eigenvalue weighted by molar-refractivity contribution is 7.93. The molecular formula is C20H28N2O3S. The predicted octanol–water partition coefficient (Wildman–Crippen LogP) is 2.43. The number of carbonyl (C=O) groups is 1. The fourth-order valence-corrected chi connectivity index (χ4v) is 6.35. The number of benzene rings is 1. The Bertz CT molecular complexity index is 821. The number of carbonyl (C=O) groups excluding carboxylic acids is 1. The van der Waals surface area contributed by atoms with Crippen LogP contribution in [0.1, 0.15) is 43.2 Å². The van der Waals surface area contributed by atoms with Gasteiger partial charge in [0.15, 0.2) is 14.6 Å². The molecule has 0 atom stereocenters. The van der Waals surface area contributed by atoms with E-state index < -0.39 is 14.6 Å². The molecule has 0 aromatic heterocycles. The summed E-state index contributed by atoms with van der Waals surface area (Å²) in [5.74, 6) is -0.338. The second kappa shape index (κ2) is 7.53. The molecule has 5 nitrogen and oxygen atoms in total. The number of rotatable bonds is 5. The number of nitrogens with one attached hydrogen (secondary N) is 2. The lowest BCUT2D eigenvalue weighted by molar-refractivity contribution is -0.123. The zero-order chi connectivity index (χ0) is 18.8. The molecule has 1 heterocycles. The summed E-state index contributed by atoms with van der Waals surface area (Å²) in [6.45, 7) is 5.81. The van der Waals surface area contributed by atoms with Gasteiger partial charge in [-0.05, 0) is 56.8 Å². The van der Waals surface area contributed by atoms with Gasteiger partial charge in [-0.1, -0.05) is 36.6 Å². The monoisotopic (exact) mass is 376 g/mol. The first kappa shape index (κ1) is 19.1. The molecule has 1 aliphatic heterocycles. The first-order valence-electron chi connectivity index (χ1n) is 9.36. The summed E-state index contributed by atoms with van der Waals surface area (Å²) < 4.78 is 25.7. The summed E-state index contributed by atoms with van der Waals surface area (Å²) in [6, 6.07) is 5.43. The molecule has 2 N–H and O–H groups in total. The second-order valence-electron chi connectivity index (χ2n) is 7.47. The Morgan fingerprint density at radius 2 is 1.96 bits per heavy atom. The summed E-state index contributed by atoms with van der Waals surface area (Å²) in [6.07, 6.45) is 5.29. The van der Waals surface area contributed by atoms with Crippen LogP contribution >= 0.6 is 0 Å². The third-order valence-electron chi connectivity index (χ3n) is 5.61. The average Bonchev–Trinajstić information content (AvgIpc) is 3.14. The van der Waals surface area contributed by atoms with E-state index in [1.165, 1.54) is 0 Å². The van der Waals surface area contributed by atoms with E-state index in [2.05, 4.69) is 16.7 Å². The Morgan fingerprint density at radius 3 is 2.62 bits per heavy atom. The second-order valence-corrected chi connectivity index (χ2v) is 9.70. The molecule has 6 heteroatoms. The third-order valence-corrected chi connectivity index (χ3v) is 8.25. The normalized spacial score (nSPS) is 19.8. The highest BCUT2D eigenvalue weighted by atomic mass is 32.2. The number of sulfone groups is 1. The van der Waals surface area contributed by atoms with Crippen molar-refractivity contribution in [2.45, 2.75) is 55.6 Å². The topological polar surface area (TPSA) is 75.3 Å². The molecular weight excluding hydrogens is 348 g/mol. The number of amides is 1. The molecule has 0 spiro atoms. The molecule has 0 radical (unpaired) electrons. The first-order valence-corrected chi connectivity index (χ1v) is 10.8. The van der Waals surface area contributed by atoms with Crippen LogP contribution in [-0.4, -0.2) is 38.7 Å². The molecule has 1 aromatic rings. The van der Waals surface area contributed by atoms with Gasteiger partial charge in [0.1, 0.15) is 0 Å². The maximum Gasteiger partial charge on any atom is 0.242 e.